The van der Waals surface area contributed by atoms with E-state index in [1.54, 1.807) is 62.4 Å². The second-order valence-corrected chi connectivity index (χ2v) is 7.76. The van der Waals surface area contributed by atoms with E-state index in [1.807, 2.05) is 0 Å². The van der Waals surface area contributed by atoms with Gasteiger partial charge in [-0.05, 0) is 44.2 Å². The summed E-state index contributed by atoms with van der Waals surface area (Å²) in [5.41, 5.74) is 1.78. The zero-order valence-electron chi connectivity index (χ0n) is 15.8. The molecular formula is C19H19ClN3O5P. The fraction of sp³-hybridized carbons (Fsp3) is 0.211. The highest BCUT2D eigenvalue weighted by Gasteiger charge is 2.30. The van der Waals surface area contributed by atoms with Gasteiger partial charge < -0.3 is 9.84 Å². The molecule has 1 aliphatic rings. The van der Waals surface area contributed by atoms with Crippen LogP contribution in [-0.2, 0) is 22.9 Å². The number of hydrogen-bond donors (Lipinski definition) is 1. The average molecular weight is 436 g/mol. The first-order chi connectivity index (χ1) is 14.0. The number of carbonyl (C=O) groups excluding carboxylic acids is 1. The lowest BCUT2D eigenvalue weighted by Crippen LogP contribution is -2.15. The molecule has 1 N–H and O–H groups in total. The molecule has 0 fully saturated rings. The van der Waals surface area contributed by atoms with E-state index in [4.69, 9.17) is 25.2 Å². The van der Waals surface area contributed by atoms with Gasteiger partial charge in [0.1, 0.15) is 0 Å². The van der Waals surface area contributed by atoms with Gasteiger partial charge in [-0.25, -0.2) is 4.57 Å². The number of amides is 1. The third-order valence-corrected chi connectivity index (χ3v) is 5.55. The van der Waals surface area contributed by atoms with Gasteiger partial charge in [0.25, 0.3) is 11.8 Å². The van der Waals surface area contributed by atoms with Gasteiger partial charge in [0.05, 0.1) is 18.9 Å². The third-order valence-electron chi connectivity index (χ3n) is 3.75. The van der Waals surface area contributed by atoms with E-state index in [0.717, 1.165) is 0 Å². The maximum absolute atomic E-state index is 12.8. The maximum atomic E-state index is 12.8. The number of carbonyl (C=O) groups is 1. The van der Waals surface area contributed by atoms with Crippen LogP contribution in [0.15, 0.2) is 58.7 Å². The number of fused-ring (bicyclic) bond motifs is 1. The Morgan fingerprint density at radius 2 is 1.72 bits per heavy atom. The van der Waals surface area contributed by atoms with Crippen LogP contribution >= 0.6 is 19.4 Å². The second-order valence-electron chi connectivity index (χ2n) is 5.73. The van der Waals surface area contributed by atoms with E-state index in [0.29, 0.717) is 21.8 Å². The molecule has 1 amide bonds. The van der Waals surface area contributed by atoms with Crippen molar-refractivity contribution in [2.45, 2.75) is 13.8 Å². The fourth-order valence-electron chi connectivity index (χ4n) is 2.53. The molecule has 8 nitrogen and oxygen atoms in total. The summed E-state index contributed by atoms with van der Waals surface area (Å²) in [4.78, 5) is 12.2. The first-order valence-corrected chi connectivity index (χ1v) is 10.7. The summed E-state index contributed by atoms with van der Waals surface area (Å²) in [6.45, 7) is 3.53. The SMILES string of the molecule is CCOP(=O)(OCC)O/C(=N/N=C1\C(=O)Nc2ccccc21)c1ccc(Cl)cc1. The quantitative estimate of drug-likeness (QED) is 0.295. The van der Waals surface area contributed by atoms with Crippen LogP contribution in [0, 0.1) is 0 Å². The van der Waals surface area contributed by atoms with Crippen LogP contribution in [-0.4, -0.2) is 30.7 Å². The molecule has 152 valence electrons. The Bertz CT molecular complexity index is 997. The van der Waals surface area contributed by atoms with Crippen molar-refractivity contribution in [3.05, 3.63) is 64.7 Å². The summed E-state index contributed by atoms with van der Waals surface area (Å²) in [6, 6.07) is 13.6. The second kappa shape index (κ2) is 9.33. The molecule has 29 heavy (non-hydrogen) atoms. The van der Waals surface area contributed by atoms with E-state index in [-0.39, 0.29) is 24.8 Å². The normalized spacial score (nSPS) is 15.3. The molecule has 0 saturated heterocycles. The van der Waals surface area contributed by atoms with Gasteiger partial charge in [-0.2, -0.15) is 0 Å². The van der Waals surface area contributed by atoms with Gasteiger partial charge in [-0.15, -0.1) is 10.2 Å². The van der Waals surface area contributed by atoms with Crippen LogP contribution in [0.4, 0.5) is 5.69 Å². The zero-order chi connectivity index (χ0) is 20.9. The van der Waals surface area contributed by atoms with Crippen LogP contribution in [0.25, 0.3) is 0 Å². The summed E-state index contributed by atoms with van der Waals surface area (Å²) < 4.78 is 28.7. The van der Waals surface area contributed by atoms with Gasteiger partial charge in [-0.3, -0.25) is 13.8 Å². The lowest BCUT2D eigenvalue weighted by atomic mass is 10.1. The van der Waals surface area contributed by atoms with E-state index in [9.17, 15) is 9.36 Å². The molecule has 0 unspecified atom stereocenters. The minimum atomic E-state index is -3.93. The van der Waals surface area contributed by atoms with Gasteiger partial charge >= 0.3 is 7.82 Å². The Kier molecular flexibility index (Phi) is 6.82. The predicted molar refractivity (Wildman–Crippen MR) is 112 cm³/mol. The Morgan fingerprint density at radius 3 is 2.38 bits per heavy atom. The van der Waals surface area contributed by atoms with Crippen molar-refractivity contribution >= 4 is 42.6 Å². The first-order valence-electron chi connectivity index (χ1n) is 8.87. The lowest BCUT2D eigenvalue weighted by molar-refractivity contribution is -0.110. The zero-order valence-corrected chi connectivity index (χ0v) is 17.4. The standard InChI is InChI=1S/C19H19ClN3O5P/c1-3-26-29(25,27-4-2)28-19(13-9-11-14(20)12-10-13)23-22-17-15-7-5-6-8-16(15)21-18(17)24/h5-12H,3-4H2,1-2H3,(H,21,22,24)/b23-19+. The Morgan fingerprint density at radius 1 is 1.07 bits per heavy atom. The fourth-order valence-corrected chi connectivity index (χ4v) is 3.82. The van der Waals surface area contributed by atoms with Crippen LogP contribution < -0.4 is 5.32 Å². The summed E-state index contributed by atoms with van der Waals surface area (Å²) in [7, 11) is -3.93. The van der Waals surface area contributed by atoms with E-state index < -0.39 is 13.7 Å². The number of phosphoric ester groups is 1. The van der Waals surface area contributed by atoms with Gasteiger partial charge in [-0.1, -0.05) is 29.8 Å². The minimum absolute atomic E-state index is 0.107. The van der Waals surface area contributed by atoms with Crippen molar-refractivity contribution in [1.82, 2.24) is 0 Å². The van der Waals surface area contributed by atoms with E-state index in [1.165, 1.54) is 0 Å². The number of benzene rings is 2. The van der Waals surface area contributed by atoms with Crippen molar-refractivity contribution in [3.63, 3.8) is 0 Å². The number of rotatable bonds is 7. The van der Waals surface area contributed by atoms with Gasteiger partial charge in [0.15, 0.2) is 5.71 Å². The lowest BCUT2D eigenvalue weighted by Gasteiger charge is -2.17. The molecule has 3 rings (SSSR count). The van der Waals surface area contributed by atoms with E-state index in [2.05, 4.69) is 15.5 Å². The summed E-state index contributed by atoms with van der Waals surface area (Å²) in [6.07, 6.45) is 0. The molecule has 2 aromatic carbocycles. The highest BCUT2D eigenvalue weighted by Crippen LogP contribution is 2.50. The molecule has 0 aliphatic carbocycles. The number of hydrogen-bond acceptors (Lipinski definition) is 7. The number of nitrogens with one attached hydrogen (secondary N) is 1. The minimum Gasteiger partial charge on any atom is -0.383 e. The van der Waals surface area contributed by atoms with Crippen molar-refractivity contribution in [2.24, 2.45) is 10.2 Å². The summed E-state index contributed by atoms with van der Waals surface area (Å²) in [5.74, 6) is -0.528. The molecular weight excluding hydrogens is 417 g/mol. The largest absolute Gasteiger partial charge is 0.531 e. The molecule has 2 aromatic rings. The third kappa shape index (κ3) is 5.10. The molecule has 0 radical (unpaired) electrons. The average Bonchev–Trinajstić information content (AvgIpc) is 3.01. The summed E-state index contributed by atoms with van der Waals surface area (Å²) >= 11 is 5.94. The van der Waals surface area contributed by atoms with Crippen molar-refractivity contribution in [3.8, 4) is 0 Å². The highest BCUT2D eigenvalue weighted by molar-refractivity contribution is 7.49. The molecule has 0 spiro atoms. The highest BCUT2D eigenvalue weighted by atomic mass is 35.5. The molecule has 0 atom stereocenters. The van der Waals surface area contributed by atoms with Crippen molar-refractivity contribution in [1.29, 1.82) is 0 Å². The molecule has 0 bridgehead atoms. The van der Waals surface area contributed by atoms with Crippen LogP contribution in [0.5, 0.6) is 0 Å². The van der Waals surface area contributed by atoms with Gasteiger partial charge in [0.2, 0.25) is 0 Å². The number of para-hydroxylation sites is 1. The molecule has 1 aliphatic heterocycles. The van der Waals surface area contributed by atoms with Crippen LogP contribution in [0.1, 0.15) is 25.0 Å². The first kappa shape index (κ1) is 21.2. The number of anilines is 1. The molecule has 0 aromatic heterocycles. The monoisotopic (exact) mass is 435 g/mol. The molecule has 1 heterocycles. The van der Waals surface area contributed by atoms with Crippen LogP contribution in [0.2, 0.25) is 5.02 Å². The van der Waals surface area contributed by atoms with Gasteiger partial charge in [0, 0.05) is 16.1 Å². The molecule has 10 heteroatoms. The number of halogens is 1. The van der Waals surface area contributed by atoms with Crippen LogP contribution in [0.3, 0.4) is 0 Å². The van der Waals surface area contributed by atoms with Crippen molar-refractivity contribution in [2.75, 3.05) is 18.5 Å². The topological polar surface area (TPSA) is 98.6 Å². The molecule has 0 saturated carbocycles. The Labute approximate surface area is 173 Å². The predicted octanol–water partition coefficient (Wildman–Crippen LogP) is 4.64. The number of nitrogens with zero attached hydrogens (tertiary/aromatic N) is 2. The maximum Gasteiger partial charge on any atom is 0.531 e. The number of phosphoric acid groups is 1. The Hall–Kier alpha value is -2.51. The summed E-state index contributed by atoms with van der Waals surface area (Å²) in [5, 5.41) is 11.3. The smallest absolute Gasteiger partial charge is 0.383 e. The van der Waals surface area contributed by atoms with Crippen molar-refractivity contribution < 1.29 is 22.9 Å². The van der Waals surface area contributed by atoms with E-state index >= 15 is 0 Å². The Balaban J connectivity index is 2.02.